The molecule has 0 saturated heterocycles. The second-order valence-corrected chi connectivity index (χ2v) is 3.66. The Bertz CT molecular complexity index is 263. The van der Waals surface area contributed by atoms with E-state index in [1.807, 2.05) is 6.92 Å². The van der Waals surface area contributed by atoms with Gasteiger partial charge in [0, 0.05) is 13.0 Å². The van der Waals surface area contributed by atoms with Gasteiger partial charge in [-0.15, -0.1) is 0 Å². The fourth-order valence-electron chi connectivity index (χ4n) is 1.05. The zero-order valence-corrected chi connectivity index (χ0v) is 10.6. The largest absolute Gasteiger partial charge is 0.466 e. The summed E-state index contributed by atoms with van der Waals surface area (Å²) >= 11 is 0. The molecule has 0 saturated carbocycles. The van der Waals surface area contributed by atoms with E-state index in [0.717, 1.165) is 5.57 Å². The molecule has 1 N–H and O–H groups in total. The molecule has 17 heavy (non-hydrogen) atoms. The van der Waals surface area contributed by atoms with Gasteiger partial charge < -0.3 is 14.8 Å². The molecule has 1 amide bonds. The number of carbonyl (C=O) groups excluding carboxylic acids is 2. The Morgan fingerprint density at radius 2 is 2.00 bits per heavy atom. The number of rotatable bonds is 9. The summed E-state index contributed by atoms with van der Waals surface area (Å²) in [6, 6.07) is 0. The van der Waals surface area contributed by atoms with Gasteiger partial charge in [0.05, 0.1) is 26.2 Å². The molecular formula is C12H21NO4. The lowest BCUT2D eigenvalue weighted by molar-refractivity contribution is -0.144. The molecule has 5 nitrogen and oxygen atoms in total. The van der Waals surface area contributed by atoms with Crippen molar-refractivity contribution in [2.75, 3.05) is 26.4 Å². The predicted molar refractivity (Wildman–Crippen MR) is 64.5 cm³/mol. The Hall–Kier alpha value is -1.36. The fourth-order valence-corrected chi connectivity index (χ4v) is 1.05. The molecule has 0 radical (unpaired) electrons. The Kier molecular flexibility index (Phi) is 9.05. The molecule has 0 aromatic rings. The summed E-state index contributed by atoms with van der Waals surface area (Å²) in [4.78, 5) is 22.2. The van der Waals surface area contributed by atoms with Crippen molar-refractivity contribution in [1.82, 2.24) is 5.32 Å². The maximum Gasteiger partial charge on any atom is 0.306 e. The highest BCUT2D eigenvalue weighted by Gasteiger charge is 2.06. The number of esters is 1. The minimum atomic E-state index is -0.346. The van der Waals surface area contributed by atoms with Gasteiger partial charge in [-0.25, -0.2) is 0 Å². The SMILES string of the molecule is C=C(C)COCCNC(=O)CCC(=O)OCC. The van der Waals surface area contributed by atoms with Crippen LogP contribution in [0.2, 0.25) is 0 Å². The topological polar surface area (TPSA) is 64.6 Å². The molecule has 0 rings (SSSR count). The van der Waals surface area contributed by atoms with E-state index in [1.54, 1.807) is 6.92 Å². The zero-order valence-electron chi connectivity index (χ0n) is 10.6. The lowest BCUT2D eigenvalue weighted by Gasteiger charge is -2.06. The predicted octanol–water partition coefficient (Wildman–Crippen LogP) is 1.04. The molecule has 0 unspecified atom stereocenters. The van der Waals surface area contributed by atoms with Gasteiger partial charge >= 0.3 is 5.97 Å². The minimum Gasteiger partial charge on any atom is -0.466 e. The van der Waals surface area contributed by atoms with Crippen LogP contribution in [-0.4, -0.2) is 38.2 Å². The third-order valence-electron chi connectivity index (χ3n) is 1.78. The highest BCUT2D eigenvalue weighted by Crippen LogP contribution is 1.93. The van der Waals surface area contributed by atoms with Gasteiger partial charge in [-0.05, 0) is 13.8 Å². The van der Waals surface area contributed by atoms with Crippen LogP contribution in [0, 0.1) is 0 Å². The van der Waals surface area contributed by atoms with Crippen LogP contribution in [0.1, 0.15) is 26.7 Å². The Morgan fingerprint density at radius 3 is 2.59 bits per heavy atom. The minimum absolute atomic E-state index is 0.117. The summed E-state index contributed by atoms with van der Waals surface area (Å²) in [6.07, 6.45) is 0.269. The molecule has 0 aromatic carbocycles. The number of hydrogen-bond donors (Lipinski definition) is 1. The van der Waals surface area contributed by atoms with Gasteiger partial charge in [0.15, 0.2) is 0 Å². The highest BCUT2D eigenvalue weighted by atomic mass is 16.5. The quantitative estimate of drug-likeness (QED) is 0.373. The van der Waals surface area contributed by atoms with E-state index >= 15 is 0 Å². The molecule has 0 bridgehead atoms. The Balaban J connectivity index is 3.40. The Morgan fingerprint density at radius 1 is 1.29 bits per heavy atom. The molecule has 0 aliphatic rings. The molecule has 0 aliphatic carbocycles. The third-order valence-corrected chi connectivity index (χ3v) is 1.78. The molecule has 0 aromatic heterocycles. The number of hydrogen-bond acceptors (Lipinski definition) is 4. The van der Waals surface area contributed by atoms with E-state index in [-0.39, 0.29) is 24.7 Å². The first-order valence-corrected chi connectivity index (χ1v) is 5.70. The van der Waals surface area contributed by atoms with Crippen molar-refractivity contribution < 1.29 is 19.1 Å². The number of nitrogens with one attached hydrogen (secondary N) is 1. The van der Waals surface area contributed by atoms with E-state index in [2.05, 4.69) is 11.9 Å². The average molecular weight is 243 g/mol. The van der Waals surface area contributed by atoms with Crippen LogP contribution >= 0.6 is 0 Å². The van der Waals surface area contributed by atoms with Crippen LogP contribution in [0.4, 0.5) is 0 Å². The molecular weight excluding hydrogens is 222 g/mol. The first-order valence-electron chi connectivity index (χ1n) is 5.70. The lowest BCUT2D eigenvalue weighted by Crippen LogP contribution is -2.27. The first kappa shape index (κ1) is 15.6. The van der Waals surface area contributed by atoms with Crippen LogP contribution in [-0.2, 0) is 19.1 Å². The van der Waals surface area contributed by atoms with Crippen molar-refractivity contribution in [1.29, 1.82) is 0 Å². The second kappa shape index (κ2) is 9.84. The van der Waals surface area contributed by atoms with Crippen LogP contribution in [0.5, 0.6) is 0 Å². The lowest BCUT2D eigenvalue weighted by atomic mass is 10.3. The van der Waals surface area contributed by atoms with Crippen molar-refractivity contribution in [3.8, 4) is 0 Å². The average Bonchev–Trinajstić information content (AvgIpc) is 2.26. The Labute approximate surface area is 102 Å². The van der Waals surface area contributed by atoms with E-state index in [9.17, 15) is 9.59 Å². The van der Waals surface area contributed by atoms with Gasteiger partial charge in [0.25, 0.3) is 0 Å². The summed E-state index contributed by atoms with van der Waals surface area (Å²) in [5.41, 5.74) is 0.943. The van der Waals surface area contributed by atoms with Crippen molar-refractivity contribution in [3.05, 3.63) is 12.2 Å². The number of ether oxygens (including phenoxy) is 2. The van der Waals surface area contributed by atoms with Gasteiger partial charge in [-0.2, -0.15) is 0 Å². The molecule has 0 atom stereocenters. The molecule has 0 spiro atoms. The number of amides is 1. The van der Waals surface area contributed by atoms with Crippen molar-refractivity contribution in [3.63, 3.8) is 0 Å². The molecule has 0 heterocycles. The summed E-state index contributed by atoms with van der Waals surface area (Å²) in [5, 5.41) is 2.65. The summed E-state index contributed by atoms with van der Waals surface area (Å²) in [5.74, 6) is -0.516. The smallest absolute Gasteiger partial charge is 0.306 e. The van der Waals surface area contributed by atoms with E-state index in [4.69, 9.17) is 9.47 Å². The normalized spacial score (nSPS) is 9.76. The molecule has 0 aliphatic heterocycles. The number of carbonyl (C=O) groups is 2. The summed E-state index contributed by atoms with van der Waals surface area (Å²) in [6.45, 7) is 9.02. The van der Waals surface area contributed by atoms with E-state index < -0.39 is 0 Å². The summed E-state index contributed by atoms with van der Waals surface area (Å²) < 4.78 is 9.91. The van der Waals surface area contributed by atoms with Crippen molar-refractivity contribution >= 4 is 11.9 Å². The summed E-state index contributed by atoms with van der Waals surface area (Å²) in [7, 11) is 0. The molecule has 5 heteroatoms. The van der Waals surface area contributed by atoms with Gasteiger partial charge in [0.1, 0.15) is 0 Å². The fraction of sp³-hybridized carbons (Fsp3) is 0.667. The van der Waals surface area contributed by atoms with E-state index in [0.29, 0.717) is 26.4 Å². The maximum absolute atomic E-state index is 11.3. The third kappa shape index (κ3) is 10.9. The van der Waals surface area contributed by atoms with Crippen LogP contribution in [0.15, 0.2) is 12.2 Å². The highest BCUT2D eigenvalue weighted by molar-refractivity contribution is 5.81. The van der Waals surface area contributed by atoms with Crippen LogP contribution in [0.25, 0.3) is 0 Å². The van der Waals surface area contributed by atoms with E-state index in [1.165, 1.54) is 0 Å². The molecule has 0 fully saturated rings. The molecule has 98 valence electrons. The second-order valence-electron chi connectivity index (χ2n) is 3.66. The maximum atomic E-state index is 11.3. The van der Waals surface area contributed by atoms with Crippen molar-refractivity contribution in [2.45, 2.75) is 26.7 Å². The van der Waals surface area contributed by atoms with Crippen LogP contribution < -0.4 is 5.32 Å². The van der Waals surface area contributed by atoms with Gasteiger partial charge in [-0.3, -0.25) is 9.59 Å². The van der Waals surface area contributed by atoms with Gasteiger partial charge in [0.2, 0.25) is 5.91 Å². The van der Waals surface area contributed by atoms with Crippen molar-refractivity contribution in [2.24, 2.45) is 0 Å². The zero-order chi connectivity index (χ0) is 13.1. The van der Waals surface area contributed by atoms with Gasteiger partial charge in [-0.1, -0.05) is 12.2 Å². The van der Waals surface area contributed by atoms with Crippen LogP contribution in [0.3, 0.4) is 0 Å². The monoisotopic (exact) mass is 243 g/mol. The standard InChI is InChI=1S/C12H21NO4/c1-4-17-12(15)6-5-11(14)13-7-8-16-9-10(2)3/h2,4-9H2,1,3H3,(H,13,14). The first-order chi connectivity index (χ1) is 8.06.